The second kappa shape index (κ2) is 6.30. The molecule has 0 amide bonds. The first-order valence-electron chi connectivity index (χ1n) is 7.64. The molecule has 1 atom stereocenters. The highest BCUT2D eigenvalue weighted by Gasteiger charge is 2.28. The summed E-state index contributed by atoms with van der Waals surface area (Å²) in [6.45, 7) is 6.18. The number of hydrogen-bond donors (Lipinski definition) is 1. The van der Waals surface area contributed by atoms with Gasteiger partial charge in [-0.25, -0.2) is 0 Å². The first kappa shape index (κ1) is 14.8. The SMILES string of the molecule is CC1(C)CC(NCc2ccc(-c3ccccc3)s2)CCO1. The molecule has 0 aliphatic carbocycles. The minimum atomic E-state index is 0.0144. The van der Waals surface area contributed by atoms with Crippen molar-refractivity contribution in [1.82, 2.24) is 5.32 Å². The summed E-state index contributed by atoms with van der Waals surface area (Å²) in [4.78, 5) is 2.75. The van der Waals surface area contributed by atoms with Crippen molar-refractivity contribution >= 4 is 11.3 Å². The molecule has 21 heavy (non-hydrogen) atoms. The summed E-state index contributed by atoms with van der Waals surface area (Å²) in [5.74, 6) is 0. The van der Waals surface area contributed by atoms with E-state index in [1.165, 1.54) is 15.3 Å². The monoisotopic (exact) mass is 301 g/mol. The van der Waals surface area contributed by atoms with Crippen LogP contribution in [0.25, 0.3) is 10.4 Å². The third-order valence-corrected chi connectivity index (χ3v) is 5.12. The molecule has 0 spiro atoms. The van der Waals surface area contributed by atoms with Crippen LogP contribution in [0.3, 0.4) is 0 Å². The Bertz CT molecular complexity index is 576. The molecule has 1 aliphatic heterocycles. The van der Waals surface area contributed by atoms with Gasteiger partial charge in [-0.1, -0.05) is 30.3 Å². The normalized spacial score (nSPS) is 21.3. The number of rotatable bonds is 4. The Balaban J connectivity index is 1.58. The molecule has 0 saturated carbocycles. The highest BCUT2D eigenvalue weighted by molar-refractivity contribution is 7.15. The van der Waals surface area contributed by atoms with E-state index >= 15 is 0 Å². The summed E-state index contributed by atoms with van der Waals surface area (Å²) in [6.07, 6.45) is 2.20. The fourth-order valence-electron chi connectivity index (χ4n) is 2.88. The molecule has 1 saturated heterocycles. The van der Waals surface area contributed by atoms with E-state index in [0.29, 0.717) is 6.04 Å². The van der Waals surface area contributed by atoms with Crippen LogP contribution in [0.1, 0.15) is 31.6 Å². The number of thiophene rings is 1. The van der Waals surface area contributed by atoms with Crippen LogP contribution in [0, 0.1) is 0 Å². The molecule has 1 aliphatic rings. The number of nitrogens with one attached hydrogen (secondary N) is 1. The molecular formula is C18H23NOS. The minimum absolute atomic E-state index is 0.0144. The molecule has 3 rings (SSSR count). The van der Waals surface area contributed by atoms with E-state index in [9.17, 15) is 0 Å². The molecular weight excluding hydrogens is 278 g/mol. The van der Waals surface area contributed by atoms with Crippen LogP contribution in [0.4, 0.5) is 0 Å². The van der Waals surface area contributed by atoms with Gasteiger partial charge < -0.3 is 10.1 Å². The maximum atomic E-state index is 5.77. The molecule has 1 unspecified atom stereocenters. The molecule has 2 aromatic rings. The molecule has 3 heteroatoms. The van der Waals surface area contributed by atoms with Gasteiger partial charge >= 0.3 is 0 Å². The van der Waals surface area contributed by atoms with E-state index in [-0.39, 0.29) is 5.60 Å². The maximum Gasteiger partial charge on any atom is 0.0641 e. The smallest absolute Gasteiger partial charge is 0.0641 e. The van der Waals surface area contributed by atoms with E-state index in [0.717, 1.165) is 26.0 Å². The van der Waals surface area contributed by atoms with E-state index in [1.54, 1.807) is 0 Å². The summed E-state index contributed by atoms with van der Waals surface area (Å²) in [7, 11) is 0. The number of benzene rings is 1. The number of hydrogen-bond acceptors (Lipinski definition) is 3. The molecule has 2 heterocycles. The van der Waals surface area contributed by atoms with Gasteiger partial charge in [0.05, 0.1) is 5.60 Å². The summed E-state index contributed by atoms with van der Waals surface area (Å²) in [5, 5.41) is 3.69. The van der Waals surface area contributed by atoms with Crippen molar-refractivity contribution in [2.45, 2.75) is 44.9 Å². The summed E-state index contributed by atoms with van der Waals surface area (Å²) in [5.41, 5.74) is 1.32. The van der Waals surface area contributed by atoms with Gasteiger partial charge in [0, 0.05) is 28.9 Å². The lowest BCUT2D eigenvalue weighted by atomic mass is 9.94. The van der Waals surface area contributed by atoms with Crippen molar-refractivity contribution < 1.29 is 4.74 Å². The second-order valence-corrected chi connectivity index (χ2v) is 7.48. The first-order valence-corrected chi connectivity index (χ1v) is 8.45. The highest BCUT2D eigenvalue weighted by atomic mass is 32.1. The molecule has 1 N–H and O–H groups in total. The lowest BCUT2D eigenvalue weighted by Crippen LogP contribution is -2.43. The van der Waals surface area contributed by atoms with E-state index < -0.39 is 0 Å². The fraction of sp³-hybridized carbons (Fsp3) is 0.444. The lowest BCUT2D eigenvalue weighted by Gasteiger charge is -2.35. The average Bonchev–Trinajstić information content (AvgIpc) is 2.94. The van der Waals surface area contributed by atoms with E-state index in [2.05, 4.69) is 61.6 Å². The van der Waals surface area contributed by atoms with Crippen molar-refractivity contribution in [2.24, 2.45) is 0 Å². The first-order chi connectivity index (χ1) is 10.1. The van der Waals surface area contributed by atoms with E-state index in [1.807, 2.05) is 11.3 Å². The van der Waals surface area contributed by atoms with Crippen molar-refractivity contribution in [3.8, 4) is 10.4 Å². The summed E-state index contributed by atoms with van der Waals surface area (Å²) in [6, 6.07) is 15.6. The molecule has 1 aromatic carbocycles. The predicted molar refractivity (Wildman–Crippen MR) is 89.6 cm³/mol. The van der Waals surface area contributed by atoms with Crippen LogP contribution in [0.2, 0.25) is 0 Å². The second-order valence-electron chi connectivity index (χ2n) is 6.31. The zero-order valence-corrected chi connectivity index (χ0v) is 13.6. The van der Waals surface area contributed by atoms with Gasteiger partial charge in [0.2, 0.25) is 0 Å². The van der Waals surface area contributed by atoms with Crippen LogP contribution < -0.4 is 5.32 Å². The molecule has 0 bridgehead atoms. The Hall–Kier alpha value is -1.16. The van der Waals surface area contributed by atoms with Gasteiger partial charge in [0.1, 0.15) is 0 Å². The third kappa shape index (κ3) is 3.94. The van der Waals surface area contributed by atoms with Crippen molar-refractivity contribution in [3.63, 3.8) is 0 Å². The number of ether oxygens (including phenoxy) is 1. The average molecular weight is 301 g/mol. The lowest BCUT2D eigenvalue weighted by molar-refractivity contribution is -0.0630. The van der Waals surface area contributed by atoms with E-state index in [4.69, 9.17) is 4.74 Å². The van der Waals surface area contributed by atoms with Crippen molar-refractivity contribution in [1.29, 1.82) is 0 Å². The Morgan fingerprint density at radius 2 is 2.00 bits per heavy atom. The van der Waals surface area contributed by atoms with Crippen molar-refractivity contribution in [3.05, 3.63) is 47.3 Å². The van der Waals surface area contributed by atoms with Crippen LogP contribution >= 0.6 is 11.3 Å². The Morgan fingerprint density at radius 1 is 1.19 bits per heavy atom. The van der Waals surface area contributed by atoms with Crippen LogP contribution in [-0.4, -0.2) is 18.2 Å². The summed E-state index contributed by atoms with van der Waals surface area (Å²) < 4.78 is 5.77. The van der Waals surface area contributed by atoms with Gasteiger partial charge in [-0.05, 0) is 44.4 Å². The highest BCUT2D eigenvalue weighted by Crippen LogP contribution is 2.28. The molecule has 112 valence electrons. The predicted octanol–water partition coefficient (Wildman–Crippen LogP) is 4.46. The zero-order valence-electron chi connectivity index (χ0n) is 12.8. The van der Waals surface area contributed by atoms with Crippen molar-refractivity contribution in [2.75, 3.05) is 6.61 Å². The van der Waals surface area contributed by atoms with Gasteiger partial charge in [0.25, 0.3) is 0 Å². The Labute approximate surface area is 131 Å². The molecule has 2 nitrogen and oxygen atoms in total. The Kier molecular flexibility index (Phi) is 4.43. The van der Waals surface area contributed by atoms with Gasteiger partial charge in [-0.2, -0.15) is 0 Å². The maximum absolute atomic E-state index is 5.77. The van der Waals surface area contributed by atoms with Crippen LogP contribution in [0.5, 0.6) is 0 Å². The molecule has 1 fully saturated rings. The standard InChI is InChI=1S/C18H23NOS/c1-18(2)12-15(10-11-20-18)19-13-16-8-9-17(21-16)14-6-4-3-5-7-14/h3-9,15,19H,10-13H2,1-2H3. The van der Waals surface area contributed by atoms with Gasteiger partial charge in [-0.3, -0.25) is 0 Å². The quantitative estimate of drug-likeness (QED) is 0.900. The Morgan fingerprint density at radius 3 is 2.76 bits per heavy atom. The summed E-state index contributed by atoms with van der Waals surface area (Å²) >= 11 is 1.88. The fourth-order valence-corrected chi connectivity index (χ4v) is 3.85. The zero-order chi connectivity index (χ0) is 14.7. The largest absolute Gasteiger partial charge is 0.375 e. The van der Waals surface area contributed by atoms with Gasteiger partial charge in [-0.15, -0.1) is 11.3 Å². The van der Waals surface area contributed by atoms with Crippen LogP contribution in [-0.2, 0) is 11.3 Å². The molecule has 1 aromatic heterocycles. The van der Waals surface area contributed by atoms with Gasteiger partial charge in [0.15, 0.2) is 0 Å². The minimum Gasteiger partial charge on any atom is -0.375 e. The molecule has 0 radical (unpaired) electrons. The topological polar surface area (TPSA) is 21.3 Å². The van der Waals surface area contributed by atoms with Crippen LogP contribution in [0.15, 0.2) is 42.5 Å². The third-order valence-electron chi connectivity index (χ3n) is 3.98.